The first kappa shape index (κ1) is 10.4. The smallest absolute Gasteiger partial charge is 0.0499 e. The molecule has 64 valence electrons. The van der Waals surface area contributed by atoms with Crippen molar-refractivity contribution < 1.29 is 4.74 Å². The molecule has 0 amide bonds. The molecule has 0 saturated heterocycles. The van der Waals surface area contributed by atoms with E-state index >= 15 is 0 Å². The SMILES string of the molecule is C/C=C\C=C(/CC)CCOC. The first-order chi connectivity index (χ1) is 5.35. The second-order valence-electron chi connectivity index (χ2n) is 2.45. The van der Waals surface area contributed by atoms with Gasteiger partial charge in [0.1, 0.15) is 0 Å². The van der Waals surface area contributed by atoms with Crippen molar-refractivity contribution in [3.8, 4) is 0 Å². The van der Waals surface area contributed by atoms with E-state index in [9.17, 15) is 0 Å². The van der Waals surface area contributed by atoms with Gasteiger partial charge in [-0.05, 0) is 19.8 Å². The van der Waals surface area contributed by atoms with Crippen molar-refractivity contribution in [1.82, 2.24) is 0 Å². The van der Waals surface area contributed by atoms with Crippen molar-refractivity contribution in [2.24, 2.45) is 0 Å². The van der Waals surface area contributed by atoms with E-state index in [0.717, 1.165) is 19.4 Å². The van der Waals surface area contributed by atoms with Gasteiger partial charge >= 0.3 is 0 Å². The Morgan fingerprint density at radius 3 is 2.64 bits per heavy atom. The molecule has 0 heterocycles. The van der Waals surface area contributed by atoms with Crippen molar-refractivity contribution in [3.63, 3.8) is 0 Å². The summed E-state index contributed by atoms with van der Waals surface area (Å²) < 4.78 is 4.99. The molecule has 0 aromatic carbocycles. The summed E-state index contributed by atoms with van der Waals surface area (Å²) in [6.07, 6.45) is 8.46. The zero-order valence-corrected chi connectivity index (χ0v) is 7.76. The fourth-order valence-electron chi connectivity index (χ4n) is 0.843. The lowest BCUT2D eigenvalue weighted by Crippen LogP contribution is -1.90. The number of ether oxygens (including phenoxy) is 1. The monoisotopic (exact) mass is 154 g/mol. The van der Waals surface area contributed by atoms with Crippen LogP contribution in [0.25, 0.3) is 0 Å². The molecule has 0 rings (SSSR count). The Balaban J connectivity index is 3.73. The standard InChI is InChI=1S/C10H18O/c1-4-6-7-10(5-2)8-9-11-3/h4,6-7H,5,8-9H2,1-3H3/b6-4-,10-7+. The number of hydrogen-bond donors (Lipinski definition) is 0. The highest BCUT2D eigenvalue weighted by atomic mass is 16.5. The van der Waals surface area contributed by atoms with Crippen molar-refractivity contribution in [3.05, 3.63) is 23.8 Å². The predicted molar refractivity (Wildman–Crippen MR) is 49.7 cm³/mol. The van der Waals surface area contributed by atoms with E-state index in [4.69, 9.17) is 4.74 Å². The van der Waals surface area contributed by atoms with Crippen LogP contribution in [-0.2, 0) is 4.74 Å². The average molecular weight is 154 g/mol. The van der Waals surface area contributed by atoms with Crippen molar-refractivity contribution in [2.75, 3.05) is 13.7 Å². The van der Waals surface area contributed by atoms with Crippen LogP contribution in [0.2, 0.25) is 0 Å². The van der Waals surface area contributed by atoms with Gasteiger partial charge in [-0.25, -0.2) is 0 Å². The molecule has 1 heteroatoms. The fourth-order valence-corrected chi connectivity index (χ4v) is 0.843. The van der Waals surface area contributed by atoms with Crippen LogP contribution in [-0.4, -0.2) is 13.7 Å². The third-order valence-corrected chi connectivity index (χ3v) is 1.61. The van der Waals surface area contributed by atoms with E-state index in [1.54, 1.807) is 7.11 Å². The summed E-state index contributed by atoms with van der Waals surface area (Å²) in [4.78, 5) is 0. The Morgan fingerprint density at radius 2 is 2.18 bits per heavy atom. The largest absolute Gasteiger partial charge is 0.384 e. The Kier molecular flexibility index (Phi) is 7.16. The van der Waals surface area contributed by atoms with Crippen LogP contribution in [0.5, 0.6) is 0 Å². The van der Waals surface area contributed by atoms with Gasteiger partial charge in [-0.3, -0.25) is 0 Å². The van der Waals surface area contributed by atoms with E-state index in [-0.39, 0.29) is 0 Å². The fraction of sp³-hybridized carbons (Fsp3) is 0.600. The molecule has 0 spiro atoms. The molecule has 11 heavy (non-hydrogen) atoms. The molecular formula is C10H18O. The minimum atomic E-state index is 0.831. The predicted octanol–water partition coefficient (Wildman–Crippen LogP) is 2.94. The summed E-state index contributed by atoms with van der Waals surface area (Å²) in [6, 6.07) is 0. The highest BCUT2D eigenvalue weighted by Gasteiger charge is 1.90. The quantitative estimate of drug-likeness (QED) is 0.553. The average Bonchev–Trinajstić information content (AvgIpc) is 2.05. The third kappa shape index (κ3) is 5.86. The van der Waals surface area contributed by atoms with E-state index in [0.29, 0.717) is 0 Å². The second-order valence-corrected chi connectivity index (χ2v) is 2.45. The zero-order chi connectivity index (χ0) is 8.53. The Bertz CT molecular complexity index is 134. The molecule has 0 fully saturated rings. The molecule has 0 N–H and O–H groups in total. The summed E-state index contributed by atoms with van der Waals surface area (Å²) in [5, 5.41) is 0. The number of methoxy groups -OCH3 is 1. The first-order valence-corrected chi connectivity index (χ1v) is 4.14. The highest BCUT2D eigenvalue weighted by Crippen LogP contribution is 2.05. The molecular weight excluding hydrogens is 136 g/mol. The van der Waals surface area contributed by atoms with Gasteiger partial charge in [0.25, 0.3) is 0 Å². The van der Waals surface area contributed by atoms with Crippen molar-refractivity contribution >= 4 is 0 Å². The second kappa shape index (κ2) is 7.55. The zero-order valence-electron chi connectivity index (χ0n) is 7.76. The molecule has 0 aromatic rings. The van der Waals surface area contributed by atoms with Crippen molar-refractivity contribution in [1.29, 1.82) is 0 Å². The maximum atomic E-state index is 4.99. The first-order valence-electron chi connectivity index (χ1n) is 4.14. The number of rotatable bonds is 5. The van der Waals surface area contributed by atoms with E-state index < -0.39 is 0 Å². The van der Waals surface area contributed by atoms with Gasteiger partial charge in [0, 0.05) is 13.7 Å². The van der Waals surface area contributed by atoms with Crippen LogP contribution in [0.1, 0.15) is 26.7 Å². The highest BCUT2D eigenvalue weighted by molar-refractivity contribution is 5.11. The molecule has 0 aromatic heterocycles. The Hall–Kier alpha value is -0.560. The van der Waals surface area contributed by atoms with Gasteiger partial charge in [-0.15, -0.1) is 0 Å². The molecule has 0 aliphatic heterocycles. The minimum absolute atomic E-state index is 0.831. The van der Waals surface area contributed by atoms with E-state index in [2.05, 4.69) is 19.1 Å². The van der Waals surface area contributed by atoms with Crippen molar-refractivity contribution in [2.45, 2.75) is 26.7 Å². The van der Waals surface area contributed by atoms with Crippen LogP contribution in [0.4, 0.5) is 0 Å². The Labute approximate surface area is 69.8 Å². The summed E-state index contributed by atoms with van der Waals surface area (Å²) in [7, 11) is 1.74. The van der Waals surface area contributed by atoms with Crippen LogP contribution in [0.3, 0.4) is 0 Å². The van der Waals surface area contributed by atoms with Gasteiger partial charge in [0.2, 0.25) is 0 Å². The number of allylic oxidation sites excluding steroid dienone is 3. The summed E-state index contributed by atoms with van der Waals surface area (Å²) in [5.74, 6) is 0. The lowest BCUT2D eigenvalue weighted by molar-refractivity contribution is 0.201. The minimum Gasteiger partial charge on any atom is -0.384 e. The van der Waals surface area contributed by atoms with Gasteiger partial charge in [0.05, 0.1) is 0 Å². The van der Waals surface area contributed by atoms with Gasteiger partial charge < -0.3 is 4.74 Å². The van der Waals surface area contributed by atoms with Crippen LogP contribution < -0.4 is 0 Å². The normalized spacial score (nSPS) is 12.8. The lowest BCUT2D eigenvalue weighted by Gasteiger charge is -2.01. The van der Waals surface area contributed by atoms with E-state index in [1.807, 2.05) is 13.0 Å². The summed E-state index contributed by atoms with van der Waals surface area (Å²) >= 11 is 0. The maximum Gasteiger partial charge on any atom is 0.0499 e. The van der Waals surface area contributed by atoms with Crippen LogP contribution in [0.15, 0.2) is 23.8 Å². The topological polar surface area (TPSA) is 9.23 Å². The molecule has 1 nitrogen and oxygen atoms in total. The molecule has 0 saturated carbocycles. The van der Waals surface area contributed by atoms with Crippen LogP contribution >= 0.6 is 0 Å². The van der Waals surface area contributed by atoms with Gasteiger partial charge in [-0.1, -0.05) is 30.7 Å². The molecule has 0 bridgehead atoms. The molecule has 0 aliphatic carbocycles. The molecule has 0 aliphatic rings. The van der Waals surface area contributed by atoms with Gasteiger partial charge in [-0.2, -0.15) is 0 Å². The van der Waals surface area contributed by atoms with Crippen LogP contribution in [0, 0.1) is 0 Å². The maximum absolute atomic E-state index is 4.99. The van der Waals surface area contributed by atoms with E-state index in [1.165, 1.54) is 5.57 Å². The third-order valence-electron chi connectivity index (χ3n) is 1.61. The van der Waals surface area contributed by atoms with Gasteiger partial charge in [0.15, 0.2) is 0 Å². The molecule has 0 radical (unpaired) electrons. The Morgan fingerprint density at radius 1 is 1.45 bits per heavy atom. The molecule has 0 unspecified atom stereocenters. The number of hydrogen-bond acceptors (Lipinski definition) is 1. The molecule has 0 atom stereocenters. The summed E-state index contributed by atoms with van der Waals surface area (Å²) in [6.45, 7) is 5.03. The lowest BCUT2D eigenvalue weighted by atomic mass is 10.1. The summed E-state index contributed by atoms with van der Waals surface area (Å²) in [5.41, 5.74) is 1.45.